The molecule has 2 saturated heterocycles. The van der Waals surface area contributed by atoms with Crippen LogP contribution in [0.5, 0.6) is 0 Å². The molecule has 2 N–H and O–H groups in total. The topological polar surface area (TPSA) is 83.7 Å². The van der Waals surface area contributed by atoms with E-state index in [4.69, 9.17) is 5.73 Å². The Labute approximate surface area is 128 Å². The molecule has 21 heavy (non-hydrogen) atoms. The van der Waals surface area contributed by atoms with Crippen LogP contribution in [-0.4, -0.2) is 80.8 Å². The average molecular weight is 319 g/mol. The molecule has 0 bridgehead atoms. The van der Waals surface area contributed by atoms with Crippen LogP contribution in [0, 0.1) is 0 Å². The van der Waals surface area contributed by atoms with Gasteiger partial charge in [0.05, 0.1) is 11.5 Å². The molecule has 0 radical (unpaired) electrons. The molecule has 0 spiro atoms. The highest BCUT2D eigenvalue weighted by molar-refractivity contribution is 7.91. The molecular formula is C14H29N3O3S. The molecule has 0 aromatic rings. The van der Waals surface area contributed by atoms with E-state index in [1.165, 1.54) is 0 Å². The van der Waals surface area contributed by atoms with E-state index in [0.717, 1.165) is 19.4 Å². The Morgan fingerprint density at radius 1 is 1.14 bits per heavy atom. The quantitative estimate of drug-likeness (QED) is 0.754. The first-order valence-electron chi connectivity index (χ1n) is 7.61. The number of carbonyl (C=O) groups excluding carboxylic acids is 1. The van der Waals surface area contributed by atoms with Gasteiger partial charge in [-0.05, 0) is 20.9 Å². The standard InChI is InChI=1S/C8H15NO.C6H14N2O2S/c1-6-4-8(10)5-7(2)9(6)3;7-1-2-8-3-5-11(9,10)6-4-8/h6-7H,4-5H2,1-3H3;1-7H2. The van der Waals surface area contributed by atoms with Crippen molar-refractivity contribution in [1.29, 1.82) is 0 Å². The van der Waals surface area contributed by atoms with Crippen molar-refractivity contribution in [2.24, 2.45) is 5.73 Å². The maximum Gasteiger partial charge on any atom is 0.152 e. The average Bonchev–Trinajstić information content (AvgIpc) is 2.39. The van der Waals surface area contributed by atoms with Crippen LogP contribution in [0.4, 0.5) is 0 Å². The van der Waals surface area contributed by atoms with Crippen LogP contribution in [0.1, 0.15) is 26.7 Å². The van der Waals surface area contributed by atoms with Crippen molar-refractivity contribution >= 4 is 15.6 Å². The van der Waals surface area contributed by atoms with E-state index in [1.54, 1.807) is 0 Å². The molecule has 2 aliphatic rings. The van der Waals surface area contributed by atoms with E-state index in [1.807, 2.05) is 0 Å². The van der Waals surface area contributed by atoms with Crippen molar-refractivity contribution < 1.29 is 13.2 Å². The highest BCUT2D eigenvalue weighted by Gasteiger charge is 2.25. The molecule has 124 valence electrons. The lowest BCUT2D eigenvalue weighted by Gasteiger charge is -2.34. The zero-order valence-corrected chi connectivity index (χ0v) is 14.2. The second-order valence-corrected chi connectivity index (χ2v) is 8.40. The summed E-state index contributed by atoms with van der Waals surface area (Å²) < 4.78 is 21.9. The minimum Gasteiger partial charge on any atom is -0.329 e. The predicted octanol–water partition coefficient (Wildman–Crippen LogP) is -0.266. The van der Waals surface area contributed by atoms with Crippen LogP contribution < -0.4 is 5.73 Å². The van der Waals surface area contributed by atoms with E-state index >= 15 is 0 Å². The third kappa shape index (κ3) is 6.42. The molecule has 2 atom stereocenters. The maximum atomic E-state index is 11.0. The van der Waals surface area contributed by atoms with Gasteiger partial charge in [-0.1, -0.05) is 0 Å². The Hall–Kier alpha value is -0.500. The highest BCUT2D eigenvalue weighted by Crippen LogP contribution is 2.17. The molecule has 2 unspecified atom stereocenters. The fourth-order valence-corrected chi connectivity index (χ4v) is 3.90. The van der Waals surface area contributed by atoms with Gasteiger partial charge in [0.15, 0.2) is 9.84 Å². The molecule has 0 saturated carbocycles. The summed E-state index contributed by atoms with van der Waals surface area (Å²) in [5.41, 5.74) is 5.34. The molecule has 0 aromatic heterocycles. The molecule has 2 aliphatic heterocycles. The number of sulfone groups is 1. The predicted molar refractivity (Wildman–Crippen MR) is 85.1 cm³/mol. The van der Waals surface area contributed by atoms with Crippen LogP contribution in [0.25, 0.3) is 0 Å². The third-order valence-corrected chi connectivity index (χ3v) is 5.93. The van der Waals surface area contributed by atoms with Gasteiger partial charge in [-0.15, -0.1) is 0 Å². The number of rotatable bonds is 2. The Kier molecular flexibility index (Phi) is 7.26. The summed E-state index contributed by atoms with van der Waals surface area (Å²) in [6.45, 7) is 6.94. The second-order valence-electron chi connectivity index (χ2n) is 6.09. The lowest BCUT2D eigenvalue weighted by Crippen LogP contribution is -2.43. The molecule has 2 rings (SSSR count). The number of carbonyl (C=O) groups is 1. The number of hydrogen-bond donors (Lipinski definition) is 1. The number of nitrogens with zero attached hydrogens (tertiary/aromatic N) is 2. The normalized spacial score (nSPS) is 30.6. The van der Waals surface area contributed by atoms with Gasteiger partial charge in [-0.3, -0.25) is 4.79 Å². The van der Waals surface area contributed by atoms with E-state index < -0.39 is 9.84 Å². The van der Waals surface area contributed by atoms with Gasteiger partial charge in [-0.25, -0.2) is 8.42 Å². The van der Waals surface area contributed by atoms with Gasteiger partial charge in [-0.2, -0.15) is 0 Å². The van der Waals surface area contributed by atoms with Gasteiger partial charge >= 0.3 is 0 Å². The first-order chi connectivity index (χ1) is 9.75. The number of nitrogens with two attached hydrogens (primary N) is 1. The van der Waals surface area contributed by atoms with Gasteiger partial charge in [0, 0.05) is 51.1 Å². The Morgan fingerprint density at radius 3 is 2.05 bits per heavy atom. The summed E-state index contributed by atoms with van der Waals surface area (Å²) in [4.78, 5) is 15.4. The minimum atomic E-state index is -2.72. The molecular weight excluding hydrogens is 290 g/mol. The van der Waals surface area contributed by atoms with Crippen molar-refractivity contribution in [3.05, 3.63) is 0 Å². The molecule has 0 aliphatic carbocycles. The monoisotopic (exact) mass is 319 g/mol. The van der Waals surface area contributed by atoms with Crippen LogP contribution in [0.2, 0.25) is 0 Å². The number of hydrogen-bond acceptors (Lipinski definition) is 6. The zero-order valence-electron chi connectivity index (χ0n) is 13.4. The van der Waals surface area contributed by atoms with E-state index in [9.17, 15) is 13.2 Å². The molecule has 0 aromatic carbocycles. The Balaban J connectivity index is 0.000000211. The number of likely N-dealkylation sites (tertiary alicyclic amines) is 1. The Bertz CT molecular complexity index is 411. The van der Waals surface area contributed by atoms with Crippen molar-refractivity contribution in [1.82, 2.24) is 9.80 Å². The lowest BCUT2D eigenvalue weighted by molar-refractivity contribution is -0.124. The number of ketones is 1. The maximum absolute atomic E-state index is 11.0. The third-order valence-electron chi connectivity index (χ3n) is 4.32. The highest BCUT2D eigenvalue weighted by atomic mass is 32.2. The number of Topliss-reactive ketones (excluding diaryl/α,β-unsaturated/α-hetero) is 1. The zero-order chi connectivity index (χ0) is 16.0. The fourth-order valence-electron chi connectivity index (χ4n) is 2.62. The van der Waals surface area contributed by atoms with Crippen LogP contribution >= 0.6 is 0 Å². The van der Waals surface area contributed by atoms with Crippen molar-refractivity contribution in [2.45, 2.75) is 38.8 Å². The second kappa shape index (κ2) is 8.22. The van der Waals surface area contributed by atoms with Gasteiger partial charge in [0.2, 0.25) is 0 Å². The smallest absolute Gasteiger partial charge is 0.152 e. The van der Waals surface area contributed by atoms with E-state index in [2.05, 4.69) is 30.7 Å². The molecule has 0 amide bonds. The van der Waals surface area contributed by atoms with E-state index in [0.29, 0.717) is 49.0 Å². The summed E-state index contributed by atoms with van der Waals surface area (Å²) in [6.07, 6.45) is 1.47. The molecule has 2 fully saturated rings. The van der Waals surface area contributed by atoms with Gasteiger partial charge in [0.1, 0.15) is 5.78 Å². The van der Waals surface area contributed by atoms with Gasteiger partial charge < -0.3 is 15.5 Å². The van der Waals surface area contributed by atoms with Crippen molar-refractivity contribution in [3.8, 4) is 0 Å². The van der Waals surface area contributed by atoms with Crippen LogP contribution in [0.3, 0.4) is 0 Å². The molecule has 7 heteroatoms. The molecule has 6 nitrogen and oxygen atoms in total. The van der Waals surface area contributed by atoms with Crippen molar-refractivity contribution in [2.75, 3.05) is 44.7 Å². The van der Waals surface area contributed by atoms with E-state index in [-0.39, 0.29) is 0 Å². The first kappa shape index (κ1) is 18.5. The van der Waals surface area contributed by atoms with Crippen molar-refractivity contribution in [3.63, 3.8) is 0 Å². The number of piperidine rings is 1. The minimum absolute atomic E-state index is 0.299. The summed E-state index contributed by atoms with van der Waals surface area (Å²) in [5.74, 6) is 1.01. The molecule has 2 heterocycles. The summed E-state index contributed by atoms with van der Waals surface area (Å²) in [7, 11) is -0.631. The summed E-state index contributed by atoms with van der Waals surface area (Å²) in [6, 6.07) is 0.882. The summed E-state index contributed by atoms with van der Waals surface area (Å²) >= 11 is 0. The Morgan fingerprint density at radius 2 is 1.62 bits per heavy atom. The first-order valence-corrected chi connectivity index (χ1v) is 9.44. The summed E-state index contributed by atoms with van der Waals surface area (Å²) in [5, 5.41) is 0. The lowest BCUT2D eigenvalue weighted by atomic mass is 9.97. The largest absolute Gasteiger partial charge is 0.329 e. The SMILES string of the molecule is CC1CC(=O)CC(C)N1C.NCCN1CCS(=O)(=O)CC1. The fraction of sp³-hybridized carbons (Fsp3) is 0.929. The van der Waals surface area contributed by atoms with Crippen LogP contribution in [-0.2, 0) is 14.6 Å². The van der Waals surface area contributed by atoms with Crippen LogP contribution in [0.15, 0.2) is 0 Å². The van der Waals surface area contributed by atoms with Gasteiger partial charge in [0.25, 0.3) is 0 Å².